The predicted octanol–water partition coefficient (Wildman–Crippen LogP) is 1.91. The van der Waals surface area contributed by atoms with E-state index >= 15 is 0 Å². The van der Waals surface area contributed by atoms with E-state index in [2.05, 4.69) is 11.8 Å². The number of ketones is 1. The van der Waals surface area contributed by atoms with Gasteiger partial charge >= 0.3 is 0 Å². The van der Waals surface area contributed by atoms with Crippen molar-refractivity contribution < 1.29 is 15.0 Å². The van der Waals surface area contributed by atoms with E-state index in [9.17, 15) is 15.0 Å². The third-order valence-corrected chi connectivity index (χ3v) is 5.46. The summed E-state index contributed by atoms with van der Waals surface area (Å²) in [6, 6.07) is 0. The summed E-state index contributed by atoms with van der Waals surface area (Å²) in [5.41, 5.74) is 0. The first-order valence-corrected chi connectivity index (χ1v) is 8.05. The van der Waals surface area contributed by atoms with Crippen LogP contribution in [0, 0.1) is 35.5 Å². The van der Waals surface area contributed by atoms with Gasteiger partial charge in [-0.15, -0.1) is 0 Å². The van der Waals surface area contributed by atoms with Crippen molar-refractivity contribution in [2.75, 3.05) is 0 Å². The summed E-state index contributed by atoms with van der Waals surface area (Å²) in [7, 11) is 0. The Hall–Kier alpha value is -0.850. The molecule has 0 bridgehead atoms. The van der Waals surface area contributed by atoms with Gasteiger partial charge in [-0.25, -0.2) is 0 Å². The molecule has 0 saturated heterocycles. The summed E-state index contributed by atoms with van der Waals surface area (Å²) in [6.07, 6.45) is 6.81. The van der Waals surface area contributed by atoms with Crippen molar-refractivity contribution in [3.05, 3.63) is 0 Å². The molecule has 0 amide bonds. The van der Waals surface area contributed by atoms with Gasteiger partial charge in [0.25, 0.3) is 0 Å². The lowest BCUT2D eigenvalue weighted by Gasteiger charge is -2.44. The number of carbonyl (C=O) groups excluding carboxylic acids is 1. The first-order valence-electron chi connectivity index (χ1n) is 8.05. The second-order valence-corrected chi connectivity index (χ2v) is 6.80. The topological polar surface area (TPSA) is 57.5 Å². The summed E-state index contributed by atoms with van der Waals surface area (Å²) < 4.78 is 0. The minimum Gasteiger partial charge on any atom is -0.392 e. The number of Topliss-reactive ketones (excluding diaryl/α,β-unsaturated/α-hetero) is 1. The normalized spacial score (nSPS) is 38.6. The van der Waals surface area contributed by atoms with Crippen LogP contribution >= 0.6 is 0 Å². The molecule has 3 saturated carbocycles. The Bertz CT molecular complexity index is 427. The Labute approximate surface area is 120 Å². The zero-order chi connectivity index (χ0) is 14.1. The molecule has 20 heavy (non-hydrogen) atoms. The van der Waals surface area contributed by atoms with Crippen LogP contribution in [0.4, 0.5) is 0 Å². The fourth-order valence-corrected chi connectivity index (χ4v) is 4.19. The zero-order valence-electron chi connectivity index (χ0n) is 11.9. The average Bonchev–Trinajstić information content (AvgIpc) is 2.89. The average molecular weight is 276 g/mol. The second-order valence-electron chi connectivity index (χ2n) is 6.80. The number of rotatable bonds is 2. The van der Waals surface area contributed by atoms with E-state index in [0.29, 0.717) is 24.5 Å². The van der Waals surface area contributed by atoms with E-state index in [1.165, 1.54) is 25.7 Å². The first kappa shape index (κ1) is 14.1. The molecule has 0 spiro atoms. The van der Waals surface area contributed by atoms with Gasteiger partial charge in [0.15, 0.2) is 0 Å². The minimum absolute atomic E-state index is 0.107. The molecule has 110 valence electrons. The number of aliphatic hydroxyl groups is 2. The highest BCUT2D eigenvalue weighted by Gasteiger charge is 2.48. The van der Waals surface area contributed by atoms with E-state index < -0.39 is 12.2 Å². The highest BCUT2D eigenvalue weighted by atomic mass is 16.3. The lowest BCUT2D eigenvalue weighted by molar-refractivity contribution is -0.141. The standard InChI is InChI=1S/C17H24O3/c18-12(9-11-3-1-2-4-11)5-6-13-15-10-17(20)14(15)7-8-16(13)19/h11-16,18-19H,1-4,7-10H2/t12-,13+,14-,15+,16+/m1/s1. The van der Waals surface area contributed by atoms with Gasteiger partial charge in [-0.2, -0.15) is 0 Å². The molecule has 3 nitrogen and oxygen atoms in total. The smallest absolute Gasteiger partial charge is 0.136 e. The Morgan fingerprint density at radius 2 is 1.95 bits per heavy atom. The maximum atomic E-state index is 11.5. The molecular formula is C17H24O3. The fourth-order valence-electron chi connectivity index (χ4n) is 4.19. The van der Waals surface area contributed by atoms with Crippen molar-refractivity contribution in [2.24, 2.45) is 23.7 Å². The SMILES string of the molecule is O=C1C[C@H]2[C@H](C#C[C@@H](O)CC3CCCC3)[C@@H](O)CC[C@@H]12. The minimum atomic E-state index is -0.568. The van der Waals surface area contributed by atoms with E-state index in [0.717, 1.165) is 12.8 Å². The van der Waals surface area contributed by atoms with Crippen LogP contribution in [-0.4, -0.2) is 28.2 Å². The lowest BCUT2D eigenvalue weighted by atomic mass is 9.59. The van der Waals surface area contributed by atoms with Gasteiger partial charge in [-0.3, -0.25) is 4.79 Å². The summed E-state index contributed by atoms with van der Waals surface area (Å²) >= 11 is 0. The number of hydrogen-bond donors (Lipinski definition) is 2. The first-order chi connectivity index (χ1) is 9.65. The third-order valence-electron chi connectivity index (χ3n) is 5.46. The molecule has 3 heteroatoms. The van der Waals surface area contributed by atoms with Gasteiger partial charge in [0.05, 0.1) is 12.0 Å². The van der Waals surface area contributed by atoms with E-state index in [4.69, 9.17) is 0 Å². The van der Waals surface area contributed by atoms with Crippen LogP contribution in [0.5, 0.6) is 0 Å². The van der Waals surface area contributed by atoms with Gasteiger partial charge in [0.2, 0.25) is 0 Å². The molecule has 0 unspecified atom stereocenters. The van der Waals surface area contributed by atoms with Crippen molar-refractivity contribution >= 4 is 5.78 Å². The van der Waals surface area contributed by atoms with Crippen LogP contribution < -0.4 is 0 Å². The molecule has 0 aromatic heterocycles. The fraction of sp³-hybridized carbons (Fsp3) is 0.824. The molecule has 0 aliphatic heterocycles. The third kappa shape index (κ3) is 2.77. The monoisotopic (exact) mass is 276 g/mol. The van der Waals surface area contributed by atoms with Crippen LogP contribution in [0.2, 0.25) is 0 Å². The second kappa shape index (κ2) is 5.87. The van der Waals surface area contributed by atoms with Gasteiger partial charge < -0.3 is 10.2 Å². The highest BCUT2D eigenvalue weighted by Crippen LogP contribution is 2.45. The molecule has 2 N–H and O–H groups in total. The van der Waals surface area contributed by atoms with Crippen LogP contribution in [0.15, 0.2) is 0 Å². The van der Waals surface area contributed by atoms with Crippen LogP contribution in [0.25, 0.3) is 0 Å². The quantitative estimate of drug-likeness (QED) is 0.757. The molecule has 5 atom stereocenters. The van der Waals surface area contributed by atoms with Crippen LogP contribution in [-0.2, 0) is 4.79 Å². The molecule has 0 heterocycles. The van der Waals surface area contributed by atoms with Gasteiger partial charge in [-0.05, 0) is 31.1 Å². The Balaban J connectivity index is 1.58. The number of carbonyl (C=O) groups is 1. The van der Waals surface area contributed by atoms with Gasteiger partial charge in [-0.1, -0.05) is 37.5 Å². The lowest BCUT2D eigenvalue weighted by Crippen LogP contribution is -2.49. The van der Waals surface area contributed by atoms with Gasteiger partial charge in [0, 0.05) is 12.3 Å². The maximum Gasteiger partial charge on any atom is 0.136 e. The summed E-state index contributed by atoms with van der Waals surface area (Å²) in [4.78, 5) is 11.5. The maximum absolute atomic E-state index is 11.5. The predicted molar refractivity (Wildman–Crippen MR) is 75.7 cm³/mol. The summed E-state index contributed by atoms with van der Waals surface area (Å²) in [5, 5.41) is 20.1. The van der Waals surface area contributed by atoms with Crippen molar-refractivity contribution in [3.63, 3.8) is 0 Å². The molecule has 3 rings (SSSR count). The van der Waals surface area contributed by atoms with Crippen molar-refractivity contribution in [2.45, 2.75) is 63.6 Å². The van der Waals surface area contributed by atoms with Crippen molar-refractivity contribution in [1.82, 2.24) is 0 Å². The molecule has 0 aromatic carbocycles. The van der Waals surface area contributed by atoms with E-state index in [1.807, 2.05) is 0 Å². The van der Waals surface area contributed by atoms with Crippen molar-refractivity contribution in [3.8, 4) is 11.8 Å². The molecule has 0 aromatic rings. The number of aliphatic hydroxyl groups excluding tert-OH is 2. The van der Waals surface area contributed by atoms with Crippen LogP contribution in [0.3, 0.4) is 0 Å². The summed E-state index contributed by atoms with van der Waals surface area (Å²) in [5.74, 6) is 7.25. The molecule has 3 aliphatic carbocycles. The Morgan fingerprint density at radius 3 is 2.65 bits per heavy atom. The molecule has 3 aliphatic rings. The molecule has 3 fully saturated rings. The zero-order valence-corrected chi connectivity index (χ0v) is 11.9. The number of hydrogen-bond acceptors (Lipinski definition) is 3. The highest BCUT2D eigenvalue weighted by molar-refractivity contribution is 5.87. The van der Waals surface area contributed by atoms with Crippen LogP contribution in [0.1, 0.15) is 51.4 Å². The Kier molecular flexibility index (Phi) is 4.14. The molecule has 0 radical (unpaired) electrons. The van der Waals surface area contributed by atoms with Crippen molar-refractivity contribution in [1.29, 1.82) is 0 Å². The van der Waals surface area contributed by atoms with Gasteiger partial charge in [0.1, 0.15) is 11.9 Å². The van der Waals surface area contributed by atoms with E-state index in [-0.39, 0.29) is 17.8 Å². The largest absolute Gasteiger partial charge is 0.392 e. The number of fused-ring (bicyclic) bond motifs is 1. The summed E-state index contributed by atoms with van der Waals surface area (Å²) in [6.45, 7) is 0. The van der Waals surface area contributed by atoms with E-state index in [1.54, 1.807) is 0 Å². The molecular weight excluding hydrogens is 252 g/mol. The Morgan fingerprint density at radius 1 is 1.20 bits per heavy atom.